The number of methoxy groups -OCH3 is 1. The highest BCUT2D eigenvalue weighted by Gasteiger charge is 1.96. The third kappa shape index (κ3) is 4.34. The van der Waals surface area contributed by atoms with Crippen molar-refractivity contribution in [2.24, 2.45) is 0 Å². The van der Waals surface area contributed by atoms with Crippen molar-refractivity contribution in [1.82, 2.24) is 10.3 Å². The van der Waals surface area contributed by atoms with E-state index in [1.165, 1.54) is 5.56 Å². The van der Waals surface area contributed by atoms with Crippen LogP contribution in [0.5, 0.6) is 5.75 Å². The zero-order valence-corrected chi connectivity index (χ0v) is 11.2. The van der Waals surface area contributed by atoms with Crippen LogP contribution < -0.4 is 10.1 Å². The van der Waals surface area contributed by atoms with Crippen molar-refractivity contribution in [3.63, 3.8) is 0 Å². The van der Waals surface area contributed by atoms with Gasteiger partial charge in [-0.1, -0.05) is 12.1 Å². The van der Waals surface area contributed by atoms with Crippen LogP contribution in [-0.4, -0.2) is 12.1 Å². The molecule has 1 aromatic carbocycles. The summed E-state index contributed by atoms with van der Waals surface area (Å²) in [5.74, 6) is 0.892. The Morgan fingerprint density at radius 2 is 2.00 bits per heavy atom. The van der Waals surface area contributed by atoms with Gasteiger partial charge in [0.05, 0.1) is 18.3 Å². The summed E-state index contributed by atoms with van der Waals surface area (Å²) in [6.07, 6.45) is 0. The van der Waals surface area contributed by atoms with Gasteiger partial charge in [-0.15, -0.1) is 23.7 Å². The molecule has 0 saturated heterocycles. The summed E-state index contributed by atoms with van der Waals surface area (Å²) < 4.78 is 5.10. The van der Waals surface area contributed by atoms with E-state index in [1.807, 2.05) is 17.6 Å². The van der Waals surface area contributed by atoms with Crippen LogP contribution in [0.15, 0.2) is 35.2 Å². The van der Waals surface area contributed by atoms with Crippen molar-refractivity contribution >= 4 is 23.7 Å². The number of hydrogen-bond donors (Lipinski definition) is 1. The van der Waals surface area contributed by atoms with Crippen LogP contribution in [0, 0.1) is 0 Å². The summed E-state index contributed by atoms with van der Waals surface area (Å²) in [5, 5.41) is 5.40. The molecule has 0 bridgehead atoms. The van der Waals surface area contributed by atoms with Crippen LogP contribution in [0.2, 0.25) is 0 Å². The first-order chi connectivity index (χ1) is 7.88. The normalized spacial score (nSPS) is 9.71. The molecule has 17 heavy (non-hydrogen) atoms. The van der Waals surface area contributed by atoms with E-state index in [-0.39, 0.29) is 12.4 Å². The number of aromatic nitrogens is 1. The number of thiazole rings is 1. The average molecular weight is 271 g/mol. The van der Waals surface area contributed by atoms with Gasteiger partial charge in [0, 0.05) is 18.5 Å². The standard InChI is InChI=1S/C12H14N2OS.ClH/c1-15-12-4-2-10(3-5-12)6-13-7-11-8-16-9-14-11;/h2-5,8-9,13H,6-7H2,1H3;1H. The fourth-order valence-corrected chi connectivity index (χ4v) is 1.96. The minimum atomic E-state index is 0. The first-order valence-corrected chi connectivity index (χ1v) is 6.03. The largest absolute Gasteiger partial charge is 0.497 e. The van der Waals surface area contributed by atoms with Crippen LogP contribution >= 0.6 is 23.7 Å². The SMILES string of the molecule is COc1ccc(CNCc2cscn2)cc1.Cl. The Kier molecular flexibility index (Phi) is 5.97. The molecule has 1 heterocycles. The Morgan fingerprint density at radius 1 is 1.24 bits per heavy atom. The van der Waals surface area contributed by atoms with E-state index in [0.29, 0.717) is 0 Å². The van der Waals surface area contributed by atoms with E-state index in [2.05, 4.69) is 27.8 Å². The van der Waals surface area contributed by atoms with Crippen molar-refractivity contribution in [2.75, 3.05) is 7.11 Å². The second kappa shape index (κ2) is 7.27. The molecule has 2 rings (SSSR count). The summed E-state index contributed by atoms with van der Waals surface area (Å²) in [4.78, 5) is 4.21. The molecule has 1 N–H and O–H groups in total. The first-order valence-electron chi connectivity index (χ1n) is 5.09. The summed E-state index contributed by atoms with van der Waals surface area (Å²) >= 11 is 1.62. The lowest BCUT2D eigenvalue weighted by molar-refractivity contribution is 0.414. The molecule has 0 saturated carbocycles. The zero-order chi connectivity index (χ0) is 11.2. The Hall–Kier alpha value is -1.10. The number of halogens is 1. The number of nitrogens with zero attached hydrogens (tertiary/aromatic N) is 1. The highest BCUT2D eigenvalue weighted by Crippen LogP contribution is 2.11. The molecule has 0 radical (unpaired) electrons. The lowest BCUT2D eigenvalue weighted by Gasteiger charge is -2.04. The molecule has 2 aromatic rings. The van der Waals surface area contributed by atoms with Gasteiger partial charge in [-0.25, -0.2) is 4.98 Å². The molecule has 0 atom stereocenters. The molecule has 0 spiro atoms. The van der Waals surface area contributed by atoms with Crippen LogP contribution in [0.25, 0.3) is 0 Å². The zero-order valence-electron chi connectivity index (χ0n) is 9.55. The molecular weight excluding hydrogens is 256 g/mol. The minimum Gasteiger partial charge on any atom is -0.497 e. The smallest absolute Gasteiger partial charge is 0.118 e. The summed E-state index contributed by atoms with van der Waals surface area (Å²) in [6.45, 7) is 1.66. The van der Waals surface area contributed by atoms with Gasteiger partial charge in [0.15, 0.2) is 0 Å². The number of nitrogens with one attached hydrogen (secondary N) is 1. The molecule has 0 aliphatic carbocycles. The lowest BCUT2D eigenvalue weighted by Crippen LogP contribution is -2.12. The Morgan fingerprint density at radius 3 is 2.59 bits per heavy atom. The predicted molar refractivity (Wildman–Crippen MR) is 72.9 cm³/mol. The fraction of sp³-hybridized carbons (Fsp3) is 0.250. The fourth-order valence-electron chi connectivity index (χ4n) is 1.40. The van der Waals surface area contributed by atoms with Gasteiger partial charge >= 0.3 is 0 Å². The summed E-state index contributed by atoms with van der Waals surface area (Å²) in [6, 6.07) is 8.07. The van der Waals surface area contributed by atoms with Gasteiger partial charge in [0.2, 0.25) is 0 Å². The molecule has 92 valence electrons. The van der Waals surface area contributed by atoms with Crippen molar-refractivity contribution < 1.29 is 4.74 Å². The number of ether oxygens (including phenoxy) is 1. The van der Waals surface area contributed by atoms with Gasteiger partial charge < -0.3 is 10.1 Å². The maximum absolute atomic E-state index is 5.10. The predicted octanol–water partition coefficient (Wildman–Crippen LogP) is 2.86. The highest BCUT2D eigenvalue weighted by atomic mass is 35.5. The second-order valence-electron chi connectivity index (χ2n) is 3.43. The molecule has 5 heteroatoms. The van der Waals surface area contributed by atoms with Gasteiger partial charge in [0.25, 0.3) is 0 Å². The first kappa shape index (κ1) is 14.0. The van der Waals surface area contributed by atoms with Crippen molar-refractivity contribution in [3.05, 3.63) is 46.4 Å². The monoisotopic (exact) mass is 270 g/mol. The minimum absolute atomic E-state index is 0. The van der Waals surface area contributed by atoms with E-state index >= 15 is 0 Å². The van der Waals surface area contributed by atoms with Gasteiger partial charge in [-0.2, -0.15) is 0 Å². The Balaban J connectivity index is 0.00000144. The molecule has 0 aliphatic heterocycles. The van der Waals surface area contributed by atoms with Gasteiger partial charge in [-0.05, 0) is 17.7 Å². The van der Waals surface area contributed by atoms with E-state index < -0.39 is 0 Å². The second-order valence-corrected chi connectivity index (χ2v) is 4.15. The van der Waals surface area contributed by atoms with Crippen LogP contribution in [-0.2, 0) is 13.1 Å². The molecule has 1 aromatic heterocycles. The van der Waals surface area contributed by atoms with E-state index in [4.69, 9.17) is 4.74 Å². The topological polar surface area (TPSA) is 34.1 Å². The van der Waals surface area contributed by atoms with Gasteiger partial charge in [0.1, 0.15) is 5.75 Å². The third-order valence-electron chi connectivity index (χ3n) is 2.28. The quantitative estimate of drug-likeness (QED) is 0.907. The Labute approximate surface area is 111 Å². The molecule has 3 nitrogen and oxygen atoms in total. The molecule has 0 unspecified atom stereocenters. The van der Waals surface area contributed by atoms with E-state index in [1.54, 1.807) is 18.4 Å². The number of hydrogen-bond acceptors (Lipinski definition) is 4. The van der Waals surface area contributed by atoms with Crippen LogP contribution in [0.4, 0.5) is 0 Å². The summed E-state index contributed by atoms with van der Waals surface area (Å²) in [5.41, 5.74) is 4.19. The van der Waals surface area contributed by atoms with Crippen LogP contribution in [0.1, 0.15) is 11.3 Å². The van der Waals surface area contributed by atoms with E-state index in [9.17, 15) is 0 Å². The highest BCUT2D eigenvalue weighted by molar-refractivity contribution is 7.07. The lowest BCUT2D eigenvalue weighted by atomic mass is 10.2. The maximum Gasteiger partial charge on any atom is 0.118 e. The molecule has 0 fully saturated rings. The van der Waals surface area contributed by atoms with Crippen LogP contribution in [0.3, 0.4) is 0 Å². The van der Waals surface area contributed by atoms with Crippen molar-refractivity contribution in [2.45, 2.75) is 13.1 Å². The molecule has 0 amide bonds. The average Bonchev–Trinajstić information content (AvgIpc) is 2.83. The van der Waals surface area contributed by atoms with Gasteiger partial charge in [-0.3, -0.25) is 0 Å². The summed E-state index contributed by atoms with van der Waals surface area (Å²) in [7, 11) is 1.68. The Bertz CT molecular complexity index is 417. The number of benzene rings is 1. The molecule has 0 aliphatic rings. The maximum atomic E-state index is 5.10. The van der Waals surface area contributed by atoms with E-state index in [0.717, 1.165) is 24.5 Å². The molecular formula is C12H15ClN2OS. The third-order valence-corrected chi connectivity index (χ3v) is 2.91. The van der Waals surface area contributed by atoms with Crippen molar-refractivity contribution in [3.8, 4) is 5.75 Å². The van der Waals surface area contributed by atoms with Crippen molar-refractivity contribution in [1.29, 1.82) is 0 Å². The number of rotatable bonds is 5.